The first-order valence-corrected chi connectivity index (χ1v) is 6.23. The van der Waals surface area contributed by atoms with Crippen LogP contribution in [0, 0.1) is 11.8 Å². The molecule has 17 heavy (non-hydrogen) atoms. The molecule has 2 aliphatic rings. The summed E-state index contributed by atoms with van der Waals surface area (Å²) in [5.74, 6) is 1.82. The Balaban J connectivity index is 1.47. The second-order valence-electron chi connectivity index (χ2n) is 5.04. The van der Waals surface area contributed by atoms with Crippen molar-refractivity contribution in [1.29, 1.82) is 0 Å². The third-order valence-corrected chi connectivity index (χ3v) is 3.90. The molecule has 0 unspecified atom stereocenters. The number of fused-ring (bicyclic) bond motifs is 2. The molecule has 1 aliphatic heterocycles. The number of nitrogens with zero attached hydrogens (tertiary/aromatic N) is 1. The third kappa shape index (κ3) is 1.60. The van der Waals surface area contributed by atoms with Crippen LogP contribution in [-0.4, -0.2) is 24.1 Å². The average Bonchev–Trinajstić information content (AvgIpc) is 2.85. The molecule has 4 nitrogen and oxygen atoms in total. The van der Waals surface area contributed by atoms with Crippen LogP contribution in [0.3, 0.4) is 0 Å². The summed E-state index contributed by atoms with van der Waals surface area (Å²) in [5, 5.41) is 6.82. The maximum absolute atomic E-state index is 5.63. The van der Waals surface area contributed by atoms with Crippen molar-refractivity contribution >= 4 is 17.1 Å². The summed E-state index contributed by atoms with van der Waals surface area (Å²) in [6.07, 6.45) is 1.40. The van der Waals surface area contributed by atoms with Crippen LogP contribution in [0.25, 0.3) is 11.1 Å². The highest BCUT2D eigenvalue weighted by atomic mass is 16.4. The van der Waals surface area contributed by atoms with Crippen LogP contribution in [0.15, 0.2) is 28.7 Å². The first kappa shape index (κ1) is 9.48. The molecule has 2 heterocycles. The van der Waals surface area contributed by atoms with Crippen LogP contribution < -0.4 is 10.6 Å². The van der Waals surface area contributed by atoms with E-state index in [1.807, 2.05) is 24.3 Å². The van der Waals surface area contributed by atoms with Crippen LogP contribution in [0.4, 0.5) is 6.01 Å². The van der Waals surface area contributed by atoms with Gasteiger partial charge in [-0.1, -0.05) is 12.1 Å². The summed E-state index contributed by atoms with van der Waals surface area (Å²) in [6, 6.07) is 9.08. The Morgan fingerprint density at radius 2 is 2.35 bits per heavy atom. The van der Waals surface area contributed by atoms with Crippen molar-refractivity contribution < 1.29 is 4.42 Å². The Labute approximate surface area is 99.4 Å². The van der Waals surface area contributed by atoms with Gasteiger partial charge in [0.05, 0.1) is 0 Å². The molecule has 0 spiro atoms. The Morgan fingerprint density at radius 1 is 1.41 bits per heavy atom. The highest BCUT2D eigenvalue weighted by molar-refractivity contribution is 5.74. The second-order valence-corrected chi connectivity index (χ2v) is 5.04. The molecular weight excluding hydrogens is 214 g/mol. The van der Waals surface area contributed by atoms with Gasteiger partial charge in [-0.2, -0.15) is 4.98 Å². The number of nitrogens with one attached hydrogen (secondary N) is 2. The van der Waals surface area contributed by atoms with E-state index in [4.69, 9.17) is 4.42 Å². The minimum absolute atomic E-state index is 0.593. The Morgan fingerprint density at radius 3 is 3.12 bits per heavy atom. The predicted octanol–water partition coefficient (Wildman–Crippen LogP) is 1.85. The SMILES string of the molecule is c1ccc2oc(NC[C@H]3NC[C@H]4C[C@H]43)nc2c1. The fraction of sp³-hybridized carbons (Fsp3) is 0.462. The lowest BCUT2D eigenvalue weighted by Crippen LogP contribution is -2.33. The zero-order chi connectivity index (χ0) is 11.2. The molecule has 0 bridgehead atoms. The number of rotatable bonds is 3. The van der Waals surface area contributed by atoms with E-state index in [1.165, 1.54) is 13.0 Å². The normalized spacial score (nSPS) is 30.5. The lowest BCUT2D eigenvalue weighted by molar-refractivity contribution is 0.540. The van der Waals surface area contributed by atoms with Gasteiger partial charge in [0, 0.05) is 12.6 Å². The summed E-state index contributed by atoms with van der Waals surface area (Å²) in [6.45, 7) is 2.10. The number of para-hydroxylation sites is 2. The topological polar surface area (TPSA) is 50.1 Å². The molecule has 4 rings (SSSR count). The number of oxazole rings is 1. The van der Waals surface area contributed by atoms with Gasteiger partial charge in [-0.3, -0.25) is 0 Å². The second kappa shape index (κ2) is 3.47. The molecule has 4 heteroatoms. The summed E-state index contributed by atoms with van der Waals surface area (Å²) in [7, 11) is 0. The molecule has 2 aromatic rings. The van der Waals surface area contributed by atoms with Crippen molar-refractivity contribution in [2.75, 3.05) is 18.4 Å². The van der Waals surface area contributed by atoms with Gasteiger partial charge in [-0.25, -0.2) is 0 Å². The number of hydrogen-bond acceptors (Lipinski definition) is 4. The lowest BCUT2D eigenvalue weighted by atomic mass is 10.2. The highest BCUT2D eigenvalue weighted by Gasteiger charge is 2.47. The summed E-state index contributed by atoms with van der Waals surface area (Å²) < 4.78 is 5.63. The van der Waals surface area contributed by atoms with Crippen LogP contribution in [-0.2, 0) is 0 Å². The van der Waals surface area contributed by atoms with Gasteiger partial charge in [-0.15, -0.1) is 0 Å². The molecule has 88 valence electrons. The average molecular weight is 229 g/mol. The fourth-order valence-corrected chi connectivity index (χ4v) is 2.82. The van der Waals surface area contributed by atoms with E-state index in [0.717, 1.165) is 29.5 Å². The van der Waals surface area contributed by atoms with E-state index < -0.39 is 0 Å². The molecule has 0 radical (unpaired) electrons. The van der Waals surface area contributed by atoms with E-state index in [9.17, 15) is 0 Å². The van der Waals surface area contributed by atoms with Gasteiger partial charge >= 0.3 is 0 Å². The zero-order valence-electron chi connectivity index (χ0n) is 9.52. The molecule has 1 saturated heterocycles. The van der Waals surface area contributed by atoms with Crippen molar-refractivity contribution in [3.8, 4) is 0 Å². The lowest BCUT2D eigenvalue weighted by Gasteiger charge is -2.12. The summed E-state index contributed by atoms with van der Waals surface area (Å²) in [4.78, 5) is 4.41. The monoisotopic (exact) mass is 229 g/mol. The van der Waals surface area contributed by atoms with Crippen LogP contribution in [0.2, 0.25) is 0 Å². The van der Waals surface area contributed by atoms with E-state index in [2.05, 4.69) is 15.6 Å². The number of piperidine rings is 1. The Hall–Kier alpha value is -1.55. The van der Waals surface area contributed by atoms with Gasteiger partial charge < -0.3 is 15.1 Å². The minimum Gasteiger partial charge on any atom is -0.424 e. The maximum atomic E-state index is 5.63. The van der Waals surface area contributed by atoms with Crippen LogP contribution >= 0.6 is 0 Å². The Kier molecular flexibility index (Phi) is 1.93. The molecular formula is C13H15N3O. The molecule has 1 saturated carbocycles. The fourth-order valence-electron chi connectivity index (χ4n) is 2.82. The van der Waals surface area contributed by atoms with E-state index in [1.54, 1.807) is 0 Å². The van der Waals surface area contributed by atoms with Crippen molar-refractivity contribution in [2.24, 2.45) is 11.8 Å². The molecule has 2 fully saturated rings. The third-order valence-electron chi connectivity index (χ3n) is 3.90. The van der Waals surface area contributed by atoms with Gasteiger partial charge in [0.25, 0.3) is 6.01 Å². The van der Waals surface area contributed by atoms with Crippen molar-refractivity contribution in [3.05, 3.63) is 24.3 Å². The van der Waals surface area contributed by atoms with Gasteiger partial charge in [-0.05, 0) is 36.9 Å². The van der Waals surface area contributed by atoms with Gasteiger partial charge in [0.15, 0.2) is 5.58 Å². The highest BCUT2D eigenvalue weighted by Crippen LogP contribution is 2.44. The van der Waals surface area contributed by atoms with Crippen molar-refractivity contribution in [1.82, 2.24) is 10.3 Å². The first-order valence-electron chi connectivity index (χ1n) is 6.23. The molecule has 3 atom stereocenters. The number of aromatic nitrogens is 1. The van der Waals surface area contributed by atoms with E-state index >= 15 is 0 Å². The molecule has 1 aromatic heterocycles. The maximum Gasteiger partial charge on any atom is 0.295 e. The quantitative estimate of drug-likeness (QED) is 0.843. The number of hydrogen-bond donors (Lipinski definition) is 2. The van der Waals surface area contributed by atoms with Crippen molar-refractivity contribution in [3.63, 3.8) is 0 Å². The number of anilines is 1. The molecule has 0 amide bonds. The molecule has 1 aliphatic carbocycles. The van der Waals surface area contributed by atoms with Gasteiger partial charge in [0.2, 0.25) is 0 Å². The predicted molar refractivity (Wildman–Crippen MR) is 65.9 cm³/mol. The molecule has 2 N–H and O–H groups in total. The first-order chi connectivity index (χ1) is 8.40. The minimum atomic E-state index is 0.593. The molecule has 1 aromatic carbocycles. The standard InChI is InChI=1S/C13H15N3O/c1-2-4-12-10(3-1)16-13(17-12)15-7-11-9-5-8(9)6-14-11/h1-4,8-9,11,14H,5-7H2,(H,15,16)/t8-,9-,11-/m1/s1. The van der Waals surface area contributed by atoms with Crippen molar-refractivity contribution in [2.45, 2.75) is 12.5 Å². The Bertz CT molecular complexity index is 517. The smallest absolute Gasteiger partial charge is 0.295 e. The largest absolute Gasteiger partial charge is 0.424 e. The van der Waals surface area contributed by atoms with E-state index in [-0.39, 0.29) is 0 Å². The summed E-state index contributed by atoms with van der Waals surface area (Å²) >= 11 is 0. The summed E-state index contributed by atoms with van der Waals surface area (Å²) in [5.41, 5.74) is 1.76. The van der Waals surface area contributed by atoms with E-state index in [0.29, 0.717) is 12.1 Å². The number of benzene rings is 1. The van der Waals surface area contributed by atoms with Crippen LogP contribution in [0.1, 0.15) is 6.42 Å². The van der Waals surface area contributed by atoms with Gasteiger partial charge in [0.1, 0.15) is 5.52 Å². The van der Waals surface area contributed by atoms with Crippen LogP contribution in [0.5, 0.6) is 0 Å². The zero-order valence-corrected chi connectivity index (χ0v) is 9.52.